The number of hydrogen-bond donors (Lipinski definition) is 2. The van der Waals surface area contributed by atoms with Crippen LogP contribution < -0.4 is 15.0 Å². The van der Waals surface area contributed by atoms with E-state index < -0.39 is 17.8 Å². The molecule has 160 valence electrons. The number of benzene rings is 2. The first-order valence-corrected chi connectivity index (χ1v) is 9.86. The molecule has 4 rings (SSSR count). The van der Waals surface area contributed by atoms with Crippen molar-refractivity contribution in [1.82, 2.24) is 9.88 Å². The van der Waals surface area contributed by atoms with Crippen molar-refractivity contribution >= 4 is 46.9 Å². The van der Waals surface area contributed by atoms with Crippen molar-refractivity contribution < 1.29 is 24.2 Å². The molecule has 1 aliphatic heterocycles. The number of nitrogens with one attached hydrogen (secondary N) is 1. The smallest absolute Gasteiger partial charge is 0.335 e. The Balaban J connectivity index is 1.72. The van der Waals surface area contributed by atoms with Gasteiger partial charge in [0.1, 0.15) is 11.3 Å². The number of thiocarbonyl (C=S) groups is 1. The lowest BCUT2D eigenvalue weighted by atomic mass is 10.1. The number of carboxylic acid groups (broad SMARTS) is 1. The molecule has 0 atom stereocenters. The second-order valence-electron chi connectivity index (χ2n) is 6.81. The standard InChI is InChI=1S/C23H17N3O5S/c1-31-18-9-7-15(8-10-18)25-11-3-6-16(25)13-19-20(27)24-23(32)26(21(19)28)17-5-2-4-14(12-17)22(29)30/h2-13H,1H3,(H,29,30)(H,24,27,32). The normalized spacial score (nSPS) is 15.1. The molecule has 2 amide bonds. The third-order valence-electron chi connectivity index (χ3n) is 4.88. The number of methoxy groups -OCH3 is 1. The number of carbonyl (C=O) groups excluding carboxylic acids is 2. The molecule has 0 saturated carbocycles. The number of anilines is 1. The number of carbonyl (C=O) groups is 3. The fourth-order valence-corrected chi connectivity index (χ4v) is 3.59. The first-order chi connectivity index (χ1) is 15.4. The second-order valence-corrected chi connectivity index (χ2v) is 7.20. The minimum Gasteiger partial charge on any atom is -0.497 e. The Morgan fingerprint density at radius 1 is 1.06 bits per heavy atom. The van der Waals surface area contributed by atoms with Crippen LogP contribution in [0.2, 0.25) is 0 Å². The highest BCUT2D eigenvalue weighted by molar-refractivity contribution is 7.80. The number of rotatable bonds is 5. The molecular formula is C23H17N3O5S. The van der Waals surface area contributed by atoms with Crippen LogP contribution in [0, 0.1) is 0 Å². The number of ether oxygens (including phenoxy) is 1. The molecule has 3 aromatic rings. The van der Waals surface area contributed by atoms with Gasteiger partial charge in [-0.25, -0.2) is 4.79 Å². The third-order valence-corrected chi connectivity index (χ3v) is 5.16. The molecule has 0 radical (unpaired) electrons. The Kier molecular flexibility index (Phi) is 5.57. The molecular weight excluding hydrogens is 430 g/mol. The van der Waals surface area contributed by atoms with Gasteiger partial charge in [-0.1, -0.05) is 6.07 Å². The lowest BCUT2D eigenvalue weighted by Gasteiger charge is -2.29. The zero-order valence-electron chi connectivity index (χ0n) is 16.8. The number of aromatic carboxylic acids is 1. The van der Waals surface area contributed by atoms with Gasteiger partial charge in [0.05, 0.1) is 18.4 Å². The molecule has 32 heavy (non-hydrogen) atoms. The van der Waals surface area contributed by atoms with Crippen LogP contribution in [-0.4, -0.2) is 39.7 Å². The molecule has 1 saturated heterocycles. The van der Waals surface area contributed by atoms with Crippen LogP contribution in [0.3, 0.4) is 0 Å². The minimum absolute atomic E-state index is 0.00564. The summed E-state index contributed by atoms with van der Waals surface area (Å²) >= 11 is 5.18. The van der Waals surface area contributed by atoms with Gasteiger partial charge in [0.15, 0.2) is 5.11 Å². The lowest BCUT2D eigenvalue weighted by molar-refractivity contribution is -0.122. The van der Waals surface area contributed by atoms with Gasteiger partial charge in [0.25, 0.3) is 11.8 Å². The molecule has 0 bridgehead atoms. The van der Waals surface area contributed by atoms with Crippen molar-refractivity contribution in [3.05, 3.63) is 83.7 Å². The predicted molar refractivity (Wildman–Crippen MR) is 122 cm³/mol. The summed E-state index contributed by atoms with van der Waals surface area (Å²) in [7, 11) is 1.58. The van der Waals surface area contributed by atoms with E-state index in [1.807, 2.05) is 16.7 Å². The molecule has 0 aliphatic carbocycles. The molecule has 9 heteroatoms. The van der Waals surface area contributed by atoms with E-state index in [-0.39, 0.29) is 21.9 Å². The average Bonchev–Trinajstić information content (AvgIpc) is 3.25. The van der Waals surface area contributed by atoms with Gasteiger partial charge in [-0.3, -0.25) is 19.8 Å². The topological polar surface area (TPSA) is 101 Å². The van der Waals surface area contributed by atoms with Gasteiger partial charge in [-0.15, -0.1) is 0 Å². The number of carboxylic acids is 1. The summed E-state index contributed by atoms with van der Waals surface area (Å²) < 4.78 is 7.00. The van der Waals surface area contributed by atoms with E-state index in [9.17, 15) is 19.5 Å². The van der Waals surface area contributed by atoms with Crippen molar-refractivity contribution in [3.63, 3.8) is 0 Å². The maximum atomic E-state index is 13.2. The molecule has 2 N–H and O–H groups in total. The van der Waals surface area contributed by atoms with Crippen LogP contribution >= 0.6 is 12.2 Å². The van der Waals surface area contributed by atoms with E-state index in [2.05, 4.69) is 5.32 Å². The van der Waals surface area contributed by atoms with Gasteiger partial charge in [-0.05, 0) is 72.9 Å². The molecule has 1 aromatic heterocycles. The van der Waals surface area contributed by atoms with E-state index in [1.165, 1.54) is 24.3 Å². The molecule has 2 aromatic carbocycles. The summed E-state index contributed by atoms with van der Waals surface area (Å²) in [6.07, 6.45) is 3.27. The van der Waals surface area contributed by atoms with E-state index >= 15 is 0 Å². The third kappa shape index (κ3) is 3.88. The summed E-state index contributed by atoms with van der Waals surface area (Å²) in [5, 5.41) is 11.6. The van der Waals surface area contributed by atoms with Crippen LogP contribution in [0.15, 0.2) is 72.4 Å². The van der Waals surface area contributed by atoms with Crippen molar-refractivity contribution in [1.29, 1.82) is 0 Å². The summed E-state index contributed by atoms with van der Waals surface area (Å²) in [5.41, 5.74) is 1.52. The number of aromatic nitrogens is 1. The molecule has 1 fully saturated rings. The molecule has 8 nitrogen and oxygen atoms in total. The Hall–Kier alpha value is -4.24. The van der Waals surface area contributed by atoms with Crippen molar-refractivity contribution in [2.24, 2.45) is 0 Å². The summed E-state index contributed by atoms with van der Waals surface area (Å²) in [6, 6.07) is 16.6. The minimum atomic E-state index is -1.14. The van der Waals surface area contributed by atoms with Crippen LogP contribution in [0.5, 0.6) is 5.75 Å². The number of nitrogens with zero attached hydrogens (tertiary/aromatic N) is 2. The van der Waals surface area contributed by atoms with E-state index in [4.69, 9.17) is 17.0 Å². The van der Waals surface area contributed by atoms with E-state index in [0.29, 0.717) is 11.4 Å². The Morgan fingerprint density at radius 3 is 2.50 bits per heavy atom. The monoisotopic (exact) mass is 447 g/mol. The van der Waals surface area contributed by atoms with E-state index in [0.717, 1.165) is 10.6 Å². The first-order valence-electron chi connectivity index (χ1n) is 9.45. The van der Waals surface area contributed by atoms with Gasteiger partial charge in [0, 0.05) is 17.6 Å². The second kappa shape index (κ2) is 8.48. The summed E-state index contributed by atoms with van der Waals surface area (Å²) in [6.45, 7) is 0. The van der Waals surface area contributed by atoms with Crippen LogP contribution in [0.4, 0.5) is 5.69 Å². The highest BCUT2D eigenvalue weighted by Crippen LogP contribution is 2.24. The van der Waals surface area contributed by atoms with E-state index in [1.54, 1.807) is 43.6 Å². The maximum Gasteiger partial charge on any atom is 0.335 e. The fourth-order valence-electron chi connectivity index (χ4n) is 3.31. The Morgan fingerprint density at radius 2 is 1.81 bits per heavy atom. The molecule has 1 aliphatic rings. The highest BCUT2D eigenvalue weighted by atomic mass is 32.1. The fraction of sp³-hybridized carbons (Fsp3) is 0.0435. The maximum absolute atomic E-state index is 13.2. The molecule has 2 heterocycles. The SMILES string of the molecule is COc1ccc(-n2cccc2C=C2C(=O)NC(=S)N(c3cccc(C(=O)O)c3)C2=O)cc1. The lowest BCUT2D eigenvalue weighted by Crippen LogP contribution is -2.54. The van der Waals surface area contributed by atoms with Gasteiger partial charge in [-0.2, -0.15) is 0 Å². The van der Waals surface area contributed by atoms with Crippen molar-refractivity contribution in [2.45, 2.75) is 0 Å². The zero-order valence-corrected chi connectivity index (χ0v) is 17.6. The summed E-state index contributed by atoms with van der Waals surface area (Å²) in [4.78, 5) is 38.2. The van der Waals surface area contributed by atoms with Crippen molar-refractivity contribution in [3.8, 4) is 11.4 Å². The molecule has 0 unspecified atom stereocenters. The van der Waals surface area contributed by atoms with Crippen LogP contribution in [0.25, 0.3) is 11.8 Å². The zero-order chi connectivity index (χ0) is 22.8. The first kappa shape index (κ1) is 21.0. The largest absolute Gasteiger partial charge is 0.497 e. The van der Waals surface area contributed by atoms with Gasteiger partial charge < -0.3 is 14.4 Å². The average molecular weight is 447 g/mol. The van der Waals surface area contributed by atoms with Gasteiger partial charge in [0.2, 0.25) is 0 Å². The van der Waals surface area contributed by atoms with Gasteiger partial charge >= 0.3 is 5.97 Å². The highest BCUT2D eigenvalue weighted by Gasteiger charge is 2.35. The Labute approximate surface area is 188 Å². The summed E-state index contributed by atoms with van der Waals surface area (Å²) in [5.74, 6) is -1.72. The van der Waals surface area contributed by atoms with Crippen molar-refractivity contribution in [2.75, 3.05) is 12.0 Å². The predicted octanol–water partition coefficient (Wildman–Crippen LogP) is 3.02. The number of amides is 2. The quantitative estimate of drug-likeness (QED) is 0.354. The molecule has 0 spiro atoms. The Bertz CT molecular complexity index is 1280. The van der Waals surface area contributed by atoms with Crippen LogP contribution in [-0.2, 0) is 9.59 Å². The van der Waals surface area contributed by atoms with Crippen LogP contribution in [0.1, 0.15) is 16.1 Å². The number of hydrogen-bond acceptors (Lipinski definition) is 5.